The van der Waals surface area contributed by atoms with Gasteiger partial charge < -0.3 is 20.3 Å². The highest BCUT2D eigenvalue weighted by Gasteiger charge is 2.10. The Bertz CT molecular complexity index is 794. The second-order valence-corrected chi connectivity index (χ2v) is 6.56. The lowest BCUT2D eigenvalue weighted by molar-refractivity contribution is -0.116. The second kappa shape index (κ2) is 13.0. The van der Waals surface area contributed by atoms with Crippen LogP contribution >= 0.6 is 24.0 Å². The topological polar surface area (TPSA) is 66.0 Å². The van der Waals surface area contributed by atoms with E-state index in [1.165, 1.54) is 0 Å². The highest BCUT2D eigenvalue weighted by Crippen LogP contribution is 2.18. The van der Waals surface area contributed by atoms with Crippen LogP contribution in [0.3, 0.4) is 0 Å². The van der Waals surface area contributed by atoms with E-state index in [0.29, 0.717) is 19.5 Å². The van der Waals surface area contributed by atoms with Crippen molar-refractivity contribution in [3.05, 3.63) is 59.7 Å². The Morgan fingerprint density at radius 1 is 1.14 bits per heavy atom. The number of ether oxygens (including phenoxy) is 1. The van der Waals surface area contributed by atoms with Crippen LogP contribution in [0.15, 0.2) is 53.5 Å². The summed E-state index contributed by atoms with van der Waals surface area (Å²) in [6.45, 7) is 3.32. The monoisotopic (exact) mass is 510 g/mol. The number of guanidine groups is 1. The fourth-order valence-electron chi connectivity index (χ4n) is 2.89. The molecule has 0 saturated heterocycles. The molecular weight excluding hydrogens is 479 g/mol. The molecule has 0 aromatic heterocycles. The summed E-state index contributed by atoms with van der Waals surface area (Å²) in [5.74, 6) is 1.71. The Balaban J connectivity index is 0.00000420. The van der Waals surface area contributed by atoms with Gasteiger partial charge in [-0.25, -0.2) is 0 Å². The molecule has 2 N–H and O–H groups in total. The number of aliphatic imine (C=N–C) groups is 1. The third-order valence-corrected chi connectivity index (χ3v) is 4.34. The molecule has 1 amide bonds. The van der Waals surface area contributed by atoms with Crippen molar-refractivity contribution in [3.63, 3.8) is 0 Å². The average Bonchev–Trinajstić information content (AvgIpc) is 2.70. The first-order valence-corrected chi connectivity index (χ1v) is 9.49. The SMILES string of the molecule is CCCC(=O)Nc1ccc(CNC(=NC)N(C)Cc2ccccc2OC)cc1.I. The molecule has 2 rings (SSSR count). The minimum atomic E-state index is 0. The number of nitrogens with one attached hydrogen (secondary N) is 2. The van der Waals surface area contributed by atoms with Gasteiger partial charge in [-0.3, -0.25) is 9.79 Å². The maximum atomic E-state index is 11.7. The van der Waals surface area contributed by atoms with E-state index >= 15 is 0 Å². The van der Waals surface area contributed by atoms with Gasteiger partial charge in [0, 0.05) is 44.9 Å². The summed E-state index contributed by atoms with van der Waals surface area (Å²) in [5.41, 5.74) is 3.03. The van der Waals surface area contributed by atoms with Gasteiger partial charge in [0.15, 0.2) is 5.96 Å². The molecule has 0 unspecified atom stereocenters. The number of amides is 1. The zero-order valence-corrected chi connectivity index (χ0v) is 19.9. The Hall–Kier alpha value is -2.29. The van der Waals surface area contributed by atoms with Gasteiger partial charge in [0.05, 0.1) is 7.11 Å². The summed E-state index contributed by atoms with van der Waals surface area (Å²) in [5, 5.41) is 6.27. The van der Waals surface area contributed by atoms with Gasteiger partial charge in [0.2, 0.25) is 5.91 Å². The third-order valence-electron chi connectivity index (χ3n) is 4.34. The minimum absolute atomic E-state index is 0. The van der Waals surface area contributed by atoms with Crippen LogP contribution in [0.5, 0.6) is 5.75 Å². The molecule has 0 aliphatic heterocycles. The number of benzene rings is 2. The highest BCUT2D eigenvalue weighted by atomic mass is 127. The molecule has 158 valence electrons. The standard InChI is InChI=1S/C22H30N4O2.HI/c1-5-8-21(27)25-19-13-11-17(12-14-19)15-24-22(23-2)26(3)16-18-9-6-7-10-20(18)28-4;/h6-7,9-14H,5,8,15-16H2,1-4H3,(H,23,24)(H,25,27);1H. The van der Waals surface area contributed by atoms with Gasteiger partial charge in [-0.2, -0.15) is 0 Å². The van der Waals surface area contributed by atoms with Gasteiger partial charge >= 0.3 is 0 Å². The zero-order chi connectivity index (χ0) is 20.4. The van der Waals surface area contributed by atoms with Crippen molar-refractivity contribution < 1.29 is 9.53 Å². The highest BCUT2D eigenvalue weighted by molar-refractivity contribution is 14.0. The van der Waals surface area contributed by atoms with Crippen LogP contribution in [0.4, 0.5) is 5.69 Å². The predicted molar refractivity (Wildman–Crippen MR) is 130 cm³/mol. The predicted octanol–water partition coefficient (Wildman–Crippen LogP) is 4.26. The molecule has 7 heteroatoms. The Labute approximate surface area is 190 Å². The van der Waals surface area contributed by atoms with Gasteiger partial charge in [-0.15, -0.1) is 24.0 Å². The van der Waals surface area contributed by atoms with E-state index in [1.807, 2.05) is 62.5 Å². The molecule has 0 atom stereocenters. The fraction of sp³-hybridized carbons (Fsp3) is 0.364. The fourth-order valence-corrected chi connectivity index (χ4v) is 2.89. The third kappa shape index (κ3) is 7.92. The number of carbonyl (C=O) groups is 1. The molecule has 0 saturated carbocycles. The van der Waals surface area contributed by atoms with Crippen molar-refractivity contribution in [1.82, 2.24) is 10.2 Å². The molecule has 2 aromatic carbocycles. The van der Waals surface area contributed by atoms with Gasteiger partial charge in [0.1, 0.15) is 5.75 Å². The molecule has 0 bridgehead atoms. The van der Waals surface area contributed by atoms with Crippen molar-refractivity contribution in [3.8, 4) is 5.75 Å². The minimum Gasteiger partial charge on any atom is -0.496 e. The van der Waals surface area contributed by atoms with E-state index in [9.17, 15) is 4.79 Å². The van der Waals surface area contributed by atoms with Crippen molar-refractivity contribution in [1.29, 1.82) is 0 Å². The first kappa shape index (κ1) is 24.7. The smallest absolute Gasteiger partial charge is 0.224 e. The molecule has 2 aromatic rings. The summed E-state index contributed by atoms with van der Waals surface area (Å²) >= 11 is 0. The van der Waals surface area contributed by atoms with Crippen LogP contribution in [0, 0.1) is 0 Å². The van der Waals surface area contributed by atoms with Crippen LogP contribution in [-0.4, -0.2) is 38.0 Å². The lowest BCUT2D eigenvalue weighted by atomic mass is 10.2. The van der Waals surface area contributed by atoms with Crippen molar-refractivity contribution in [2.75, 3.05) is 26.5 Å². The first-order valence-electron chi connectivity index (χ1n) is 9.49. The molecule has 0 spiro atoms. The molecular formula is C22H31IN4O2. The number of hydrogen-bond donors (Lipinski definition) is 2. The summed E-state index contributed by atoms with van der Waals surface area (Å²) < 4.78 is 5.43. The van der Waals surface area contributed by atoms with Crippen molar-refractivity contribution in [2.24, 2.45) is 4.99 Å². The largest absolute Gasteiger partial charge is 0.496 e. The first-order chi connectivity index (χ1) is 13.6. The molecule has 0 radical (unpaired) electrons. The van der Waals surface area contributed by atoms with Crippen molar-refractivity contribution >= 4 is 41.5 Å². The Morgan fingerprint density at radius 3 is 2.45 bits per heavy atom. The van der Waals surface area contributed by atoms with Gasteiger partial charge in [-0.1, -0.05) is 37.3 Å². The van der Waals surface area contributed by atoms with E-state index in [1.54, 1.807) is 14.2 Å². The maximum absolute atomic E-state index is 11.7. The summed E-state index contributed by atoms with van der Waals surface area (Å²) in [6.07, 6.45) is 1.38. The van der Waals surface area contributed by atoms with E-state index < -0.39 is 0 Å². The summed E-state index contributed by atoms with van der Waals surface area (Å²) in [7, 11) is 5.45. The normalized spacial score (nSPS) is 10.7. The van der Waals surface area contributed by atoms with Gasteiger partial charge in [0.25, 0.3) is 0 Å². The molecule has 0 aliphatic rings. The van der Waals surface area contributed by atoms with E-state index in [4.69, 9.17) is 4.74 Å². The van der Waals surface area contributed by atoms with E-state index in [-0.39, 0.29) is 29.9 Å². The molecule has 0 heterocycles. The maximum Gasteiger partial charge on any atom is 0.224 e. The van der Waals surface area contributed by atoms with E-state index in [2.05, 4.69) is 20.5 Å². The Morgan fingerprint density at radius 2 is 1.83 bits per heavy atom. The Kier molecular flexibility index (Phi) is 11.1. The quantitative estimate of drug-likeness (QED) is 0.317. The second-order valence-electron chi connectivity index (χ2n) is 6.56. The molecule has 29 heavy (non-hydrogen) atoms. The van der Waals surface area contributed by atoms with Crippen molar-refractivity contribution in [2.45, 2.75) is 32.9 Å². The number of para-hydroxylation sites is 1. The number of halogens is 1. The lowest BCUT2D eigenvalue weighted by Gasteiger charge is -2.23. The van der Waals surface area contributed by atoms with Crippen LogP contribution in [0.1, 0.15) is 30.9 Å². The number of rotatable bonds is 8. The van der Waals surface area contributed by atoms with E-state index in [0.717, 1.165) is 34.9 Å². The van der Waals surface area contributed by atoms with Crippen LogP contribution in [0.25, 0.3) is 0 Å². The van der Waals surface area contributed by atoms with Crippen LogP contribution < -0.4 is 15.4 Å². The molecule has 0 aliphatic carbocycles. The molecule has 6 nitrogen and oxygen atoms in total. The van der Waals surface area contributed by atoms with Gasteiger partial charge in [-0.05, 0) is 30.2 Å². The number of hydrogen-bond acceptors (Lipinski definition) is 3. The zero-order valence-electron chi connectivity index (χ0n) is 17.6. The van der Waals surface area contributed by atoms with Crippen LogP contribution in [0.2, 0.25) is 0 Å². The average molecular weight is 510 g/mol. The number of nitrogens with zero attached hydrogens (tertiary/aromatic N) is 2. The molecule has 0 fully saturated rings. The lowest BCUT2D eigenvalue weighted by Crippen LogP contribution is -2.38. The number of anilines is 1. The summed E-state index contributed by atoms with van der Waals surface area (Å²) in [4.78, 5) is 18.1. The number of methoxy groups -OCH3 is 1. The van der Waals surface area contributed by atoms with Crippen LogP contribution in [-0.2, 0) is 17.9 Å². The summed E-state index contributed by atoms with van der Waals surface area (Å²) in [6, 6.07) is 15.8. The number of carbonyl (C=O) groups excluding carboxylic acids is 1.